The molecule has 0 heterocycles. The summed E-state index contributed by atoms with van der Waals surface area (Å²) in [5.41, 5.74) is 5.11. The molecule has 0 aromatic heterocycles. The third-order valence-electron chi connectivity index (χ3n) is 2.37. The van der Waals surface area contributed by atoms with E-state index in [1.165, 1.54) is 0 Å². The molecule has 0 atom stereocenters. The number of hydrogen-bond donors (Lipinski definition) is 2. The number of hydrogen-bond acceptors (Lipinski definition) is 5. The molecule has 120 valence electrons. The lowest BCUT2D eigenvalue weighted by Crippen LogP contribution is -2.26. The Hall–Kier alpha value is -1.22. The first-order chi connectivity index (χ1) is 9.40. The van der Waals surface area contributed by atoms with Crippen LogP contribution in [-0.2, 0) is 14.8 Å². The number of ether oxygens (including phenoxy) is 1. The Morgan fingerprint density at radius 2 is 2.05 bits per heavy atom. The van der Waals surface area contributed by atoms with Gasteiger partial charge in [-0.3, -0.25) is 0 Å². The van der Waals surface area contributed by atoms with Gasteiger partial charge in [0.25, 0.3) is 0 Å². The number of benzene rings is 1. The van der Waals surface area contributed by atoms with Crippen molar-refractivity contribution < 1.29 is 22.3 Å². The van der Waals surface area contributed by atoms with Gasteiger partial charge in [-0.2, -0.15) is 0 Å². The van der Waals surface area contributed by atoms with E-state index >= 15 is 0 Å². The highest BCUT2D eigenvalue weighted by Crippen LogP contribution is 2.15. The smallest absolute Gasteiger partial charge is 0.338 e. The molecule has 9 heteroatoms. The Balaban J connectivity index is 0.00000400. The van der Waals surface area contributed by atoms with Crippen molar-refractivity contribution >= 4 is 28.4 Å². The number of esters is 1. The Morgan fingerprint density at radius 3 is 2.62 bits per heavy atom. The van der Waals surface area contributed by atoms with E-state index < -0.39 is 21.8 Å². The van der Waals surface area contributed by atoms with E-state index in [0.29, 0.717) is 13.0 Å². The molecule has 0 saturated heterocycles. The second-order valence-corrected chi connectivity index (χ2v) is 5.70. The van der Waals surface area contributed by atoms with Crippen molar-refractivity contribution in [1.82, 2.24) is 4.72 Å². The minimum atomic E-state index is -3.88. The van der Waals surface area contributed by atoms with Gasteiger partial charge >= 0.3 is 5.97 Å². The molecule has 1 aromatic rings. The second kappa shape index (κ2) is 8.93. The standard InChI is InChI=1S/C12H17FN2O4S.ClH/c1-2-19-12(16)9-6-10(13)8-11(7-9)20(17,18)15-5-3-4-14;/h6-8,15H,2-5,14H2,1H3;1H. The molecule has 3 N–H and O–H groups in total. The second-order valence-electron chi connectivity index (χ2n) is 3.94. The van der Waals surface area contributed by atoms with E-state index in [4.69, 9.17) is 10.5 Å². The van der Waals surface area contributed by atoms with E-state index in [9.17, 15) is 17.6 Å². The lowest BCUT2D eigenvalue weighted by Gasteiger charge is -2.08. The molecule has 6 nitrogen and oxygen atoms in total. The van der Waals surface area contributed by atoms with E-state index in [0.717, 1.165) is 18.2 Å². The maximum atomic E-state index is 13.4. The largest absolute Gasteiger partial charge is 0.462 e. The first-order valence-electron chi connectivity index (χ1n) is 6.08. The first-order valence-corrected chi connectivity index (χ1v) is 7.56. The average molecular weight is 341 g/mol. The van der Waals surface area contributed by atoms with Crippen molar-refractivity contribution in [3.63, 3.8) is 0 Å². The molecular formula is C12H18ClFN2O4S. The number of carbonyl (C=O) groups excluding carboxylic acids is 1. The van der Waals surface area contributed by atoms with E-state index in [1.54, 1.807) is 6.92 Å². The highest BCUT2D eigenvalue weighted by atomic mass is 35.5. The molecule has 0 aliphatic carbocycles. The summed E-state index contributed by atoms with van der Waals surface area (Å²) in [5, 5.41) is 0. The van der Waals surface area contributed by atoms with Crippen LogP contribution in [0.5, 0.6) is 0 Å². The Kier molecular flexibility index (Phi) is 8.41. The van der Waals surface area contributed by atoms with Crippen molar-refractivity contribution in [2.24, 2.45) is 5.73 Å². The third-order valence-corrected chi connectivity index (χ3v) is 3.81. The van der Waals surface area contributed by atoms with Gasteiger partial charge in [0.05, 0.1) is 17.1 Å². The van der Waals surface area contributed by atoms with Gasteiger partial charge in [-0.1, -0.05) is 0 Å². The first kappa shape index (κ1) is 19.8. The van der Waals surface area contributed by atoms with Crippen LogP contribution in [0, 0.1) is 5.82 Å². The maximum absolute atomic E-state index is 13.4. The highest BCUT2D eigenvalue weighted by Gasteiger charge is 2.18. The van der Waals surface area contributed by atoms with Gasteiger partial charge in [0.15, 0.2) is 0 Å². The fourth-order valence-electron chi connectivity index (χ4n) is 1.44. The molecule has 0 aliphatic rings. The molecule has 0 fully saturated rings. The Labute approximate surface area is 129 Å². The van der Waals surface area contributed by atoms with E-state index in [-0.39, 0.29) is 36.0 Å². The zero-order chi connectivity index (χ0) is 15.2. The normalized spacial score (nSPS) is 10.8. The van der Waals surface area contributed by atoms with Gasteiger partial charge in [0.1, 0.15) is 5.82 Å². The van der Waals surface area contributed by atoms with Crippen molar-refractivity contribution in [3.05, 3.63) is 29.6 Å². The molecule has 1 rings (SSSR count). The van der Waals surface area contributed by atoms with Crippen LogP contribution in [0.4, 0.5) is 4.39 Å². The van der Waals surface area contributed by atoms with E-state index in [2.05, 4.69) is 4.72 Å². The zero-order valence-electron chi connectivity index (χ0n) is 11.5. The molecule has 0 spiro atoms. The Bertz CT molecular complexity index is 581. The third kappa shape index (κ3) is 5.96. The molecule has 0 unspecified atom stereocenters. The summed E-state index contributed by atoms with van der Waals surface area (Å²) in [6.45, 7) is 2.19. The van der Waals surface area contributed by atoms with Crippen LogP contribution in [0.15, 0.2) is 23.1 Å². The van der Waals surface area contributed by atoms with Crippen LogP contribution in [0.2, 0.25) is 0 Å². The maximum Gasteiger partial charge on any atom is 0.338 e. The zero-order valence-corrected chi connectivity index (χ0v) is 13.1. The minimum absolute atomic E-state index is 0. The van der Waals surface area contributed by atoms with Gasteiger partial charge in [0, 0.05) is 6.54 Å². The molecule has 0 bridgehead atoms. The molecule has 0 aliphatic heterocycles. The van der Waals surface area contributed by atoms with Crippen LogP contribution in [0.3, 0.4) is 0 Å². The van der Waals surface area contributed by atoms with Gasteiger partial charge in [0.2, 0.25) is 10.0 Å². The summed E-state index contributed by atoms with van der Waals surface area (Å²) in [6, 6.07) is 2.84. The molecular weight excluding hydrogens is 323 g/mol. The van der Waals surface area contributed by atoms with Crippen LogP contribution in [0.25, 0.3) is 0 Å². The molecule has 1 aromatic carbocycles. The minimum Gasteiger partial charge on any atom is -0.462 e. The topological polar surface area (TPSA) is 98.5 Å². The molecule has 0 radical (unpaired) electrons. The average Bonchev–Trinajstić information content (AvgIpc) is 2.38. The van der Waals surface area contributed by atoms with Crippen molar-refractivity contribution in [2.45, 2.75) is 18.2 Å². The van der Waals surface area contributed by atoms with Crippen molar-refractivity contribution in [2.75, 3.05) is 19.7 Å². The van der Waals surface area contributed by atoms with Crippen LogP contribution in [0.1, 0.15) is 23.7 Å². The predicted octanol–water partition coefficient (Wildman–Crippen LogP) is 1.05. The van der Waals surface area contributed by atoms with Gasteiger partial charge in [-0.05, 0) is 38.1 Å². The number of sulfonamides is 1. The predicted molar refractivity (Wildman–Crippen MR) is 78.5 cm³/mol. The summed E-state index contributed by atoms with van der Waals surface area (Å²) in [4.78, 5) is 11.2. The quantitative estimate of drug-likeness (QED) is 0.571. The van der Waals surface area contributed by atoms with Crippen molar-refractivity contribution in [1.29, 1.82) is 0 Å². The van der Waals surface area contributed by atoms with Crippen LogP contribution in [-0.4, -0.2) is 34.1 Å². The van der Waals surface area contributed by atoms with Gasteiger partial charge in [-0.25, -0.2) is 22.3 Å². The Morgan fingerprint density at radius 1 is 1.38 bits per heavy atom. The summed E-state index contributed by atoms with van der Waals surface area (Å²) < 4.78 is 44.3. The molecule has 21 heavy (non-hydrogen) atoms. The SMILES string of the molecule is CCOC(=O)c1cc(F)cc(S(=O)(=O)NCCCN)c1.Cl. The number of nitrogens with one attached hydrogen (secondary N) is 1. The summed E-state index contributed by atoms with van der Waals surface area (Å²) in [6.07, 6.45) is 0.458. The number of nitrogens with two attached hydrogens (primary N) is 1. The number of carbonyl (C=O) groups is 1. The van der Waals surface area contributed by atoms with Gasteiger partial charge < -0.3 is 10.5 Å². The fraction of sp³-hybridized carbons (Fsp3) is 0.417. The lowest BCUT2D eigenvalue weighted by molar-refractivity contribution is 0.0525. The van der Waals surface area contributed by atoms with Gasteiger partial charge in [-0.15, -0.1) is 12.4 Å². The van der Waals surface area contributed by atoms with E-state index in [1.807, 2.05) is 0 Å². The van der Waals surface area contributed by atoms with Crippen molar-refractivity contribution in [3.8, 4) is 0 Å². The fourth-order valence-corrected chi connectivity index (χ4v) is 2.57. The lowest BCUT2D eigenvalue weighted by atomic mass is 10.2. The van der Waals surface area contributed by atoms with Crippen LogP contribution >= 0.6 is 12.4 Å². The highest BCUT2D eigenvalue weighted by molar-refractivity contribution is 7.89. The summed E-state index contributed by atoms with van der Waals surface area (Å²) >= 11 is 0. The number of halogens is 2. The summed E-state index contributed by atoms with van der Waals surface area (Å²) in [5.74, 6) is -1.60. The molecule has 0 amide bonds. The summed E-state index contributed by atoms with van der Waals surface area (Å²) in [7, 11) is -3.88. The monoisotopic (exact) mass is 340 g/mol. The molecule has 0 saturated carbocycles. The van der Waals surface area contributed by atoms with Crippen LogP contribution < -0.4 is 10.5 Å². The number of rotatable bonds is 7.